The lowest BCUT2D eigenvalue weighted by atomic mass is 10.0. The van der Waals surface area contributed by atoms with Crippen molar-refractivity contribution in [3.05, 3.63) is 23.2 Å². The average Bonchev–Trinajstić information content (AvgIpc) is 2.62. The Labute approximate surface area is 114 Å². The minimum atomic E-state index is 0.215. The molecule has 0 amide bonds. The van der Waals surface area contributed by atoms with Crippen LogP contribution in [-0.4, -0.2) is 24.7 Å². The lowest BCUT2D eigenvalue weighted by Gasteiger charge is -2.18. The molecule has 4 heteroatoms. The Morgan fingerprint density at radius 1 is 1.50 bits per heavy atom. The van der Waals surface area contributed by atoms with Crippen molar-refractivity contribution in [3.8, 4) is 5.75 Å². The molecule has 3 nitrogen and oxygen atoms in total. The van der Waals surface area contributed by atoms with Crippen molar-refractivity contribution in [1.29, 1.82) is 0 Å². The number of benzene rings is 1. The highest BCUT2D eigenvalue weighted by Gasteiger charge is 2.29. The summed E-state index contributed by atoms with van der Waals surface area (Å²) in [6.45, 7) is 8.01. The van der Waals surface area contributed by atoms with Gasteiger partial charge in [0.25, 0.3) is 0 Å². The second-order valence-electron chi connectivity index (χ2n) is 5.39. The molecule has 1 fully saturated rings. The van der Waals surface area contributed by atoms with Gasteiger partial charge in [-0.1, -0.05) is 11.6 Å². The predicted octanol–water partition coefficient (Wildman–Crippen LogP) is 3.29. The van der Waals surface area contributed by atoms with Crippen LogP contribution in [0.15, 0.2) is 18.2 Å². The molecular weight excluding hydrogens is 248 g/mol. The monoisotopic (exact) mass is 268 g/mol. The average molecular weight is 269 g/mol. The van der Waals surface area contributed by atoms with Crippen molar-refractivity contribution in [2.75, 3.05) is 18.5 Å². The first kappa shape index (κ1) is 13.5. The van der Waals surface area contributed by atoms with Crippen LogP contribution in [0.5, 0.6) is 5.75 Å². The molecule has 0 bridgehead atoms. The zero-order valence-electron chi connectivity index (χ0n) is 11.2. The Morgan fingerprint density at radius 3 is 2.83 bits per heavy atom. The molecule has 1 aromatic carbocycles. The number of halogens is 1. The highest BCUT2D eigenvalue weighted by molar-refractivity contribution is 6.32. The largest absolute Gasteiger partial charge is 0.492 e. The second kappa shape index (κ2) is 5.37. The van der Waals surface area contributed by atoms with Crippen molar-refractivity contribution in [3.63, 3.8) is 0 Å². The summed E-state index contributed by atoms with van der Waals surface area (Å²) in [5, 5.41) is 7.66. The van der Waals surface area contributed by atoms with Crippen LogP contribution in [0.1, 0.15) is 27.2 Å². The number of anilines is 1. The summed E-state index contributed by atoms with van der Waals surface area (Å²) in [6.07, 6.45) is 1.11. The molecule has 2 rings (SSSR count). The third-order valence-corrected chi connectivity index (χ3v) is 3.48. The molecule has 2 N–H and O–H groups in total. The van der Waals surface area contributed by atoms with Gasteiger partial charge in [0.05, 0.1) is 11.6 Å². The van der Waals surface area contributed by atoms with Gasteiger partial charge in [-0.3, -0.25) is 0 Å². The van der Waals surface area contributed by atoms with Gasteiger partial charge in [0.1, 0.15) is 5.75 Å². The number of nitrogens with one attached hydrogen (secondary N) is 2. The van der Waals surface area contributed by atoms with E-state index in [1.807, 2.05) is 25.1 Å². The fourth-order valence-electron chi connectivity index (χ4n) is 2.36. The number of rotatable bonds is 4. The fourth-order valence-corrected chi connectivity index (χ4v) is 2.60. The Balaban J connectivity index is 2.00. The predicted molar refractivity (Wildman–Crippen MR) is 76.7 cm³/mol. The Bertz CT molecular complexity index is 420. The van der Waals surface area contributed by atoms with Gasteiger partial charge in [-0.05, 0) is 45.4 Å². The van der Waals surface area contributed by atoms with Crippen LogP contribution >= 0.6 is 11.6 Å². The summed E-state index contributed by atoms with van der Waals surface area (Å²) >= 11 is 6.17. The zero-order valence-corrected chi connectivity index (χ0v) is 12.0. The molecule has 1 aromatic rings. The van der Waals surface area contributed by atoms with E-state index in [2.05, 4.69) is 24.5 Å². The minimum absolute atomic E-state index is 0.215. The topological polar surface area (TPSA) is 33.3 Å². The maximum atomic E-state index is 6.17. The molecule has 18 heavy (non-hydrogen) atoms. The van der Waals surface area contributed by atoms with E-state index in [0.717, 1.165) is 24.4 Å². The first-order chi connectivity index (χ1) is 8.50. The smallest absolute Gasteiger partial charge is 0.138 e. The number of ether oxygens (including phenoxy) is 1. The van der Waals surface area contributed by atoms with Crippen LogP contribution < -0.4 is 15.4 Å². The van der Waals surface area contributed by atoms with E-state index in [4.69, 9.17) is 16.3 Å². The van der Waals surface area contributed by atoms with Crippen LogP contribution in [0.2, 0.25) is 5.02 Å². The Hall–Kier alpha value is -0.930. The maximum Gasteiger partial charge on any atom is 0.138 e. The first-order valence-corrected chi connectivity index (χ1v) is 6.82. The maximum absolute atomic E-state index is 6.17. The molecular formula is C14H21ClN2O. The van der Waals surface area contributed by atoms with E-state index >= 15 is 0 Å². The van der Waals surface area contributed by atoms with E-state index in [1.54, 1.807) is 0 Å². The summed E-state index contributed by atoms with van der Waals surface area (Å²) < 4.78 is 5.42. The quantitative estimate of drug-likeness (QED) is 0.879. The van der Waals surface area contributed by atoms with Crippen molar-refractivity contribution in [1.82, 2.24) is 5.32 Å². The summed E-state index contributed by atoms with van der Waals surface area (Å²) in [5.74, 6) is 0.745. The first-order valence-electron chi connectivity index (χ1n) is 6.44. The molecule has 1 atom stereocenters. The van der Waals surface area contributed by atoms with E-state index in [9.17, 15) is 0 Å². The van der Waals surface area contributed by atoms with Crippen molar-refractivity contribution >= 4 is 17.3 Å². The van der Waals surface area contributed by atoms with Crippen LogP contribution in [-0.2, 0) is 0 Å². The summed E-state index contributed by atoms with van der Waals surface area (Å²) in [5.41, 5.74) is 1.26. The lowest BCUT2D eigenvalue weighted by molar-refractivity contribution is 0.340. The third-order valence-electron chi connectivity index (χ3n) is 3.19. The van der Waals surface area contributed by atoms with Crippen molar-refractivity contribution in [2.45, 2.75) is 38.8 Å². The van der Waals surface area contributed by atoms with E-state index < -0.39 is 0 Å². The molecule has 0 saturated carbocycles. The van der Waals surface area contributed by atoms with Crippen LogP contribution in [0.25, 0.3) is 0 Å². The van der Waals surface area contributed by atoms with Gasteiger partial charge < -0.3 is 15.4 Å². The highest BCUT2D eigenvalue weighted by atomic mass is 35.5. The highest BCUT2D eigenvalue weighted by Crippen LogP contribution is 2.29. The number of hydrogen-bond acceptors (Lipinski definition) is 3. The Morgan fingerprint density at radius 2 is 2.28 bits per heavy atom. The van der Waals surface area contributed by atoms with Crippen molar-refractivity contribution < 1.29 is 4.74 Å². The molecule has 0 aromatic heterocycles. The second-order valence-corrected chi connectivity index (χ2v) is 5.80. The Kier molecular flexibility index (Phi) is 4.03. The van der Waals surface area contributed by atoms with Crippen LogP contribution in [0.3, 0.4) is 0 Å². The normalized spacial score (nSPS) is 21.9. The van der Waals surface area contributed by atoms with E-state index in [-0.39, 0.29) is 5.54 Å². The summed E-state index contributed by atoms with van der Waals surface area (Å²) in [4.78, 5) is 0. The summed E-state index contributed by atoms with van der Waals surface area (Å²) in [7, 11) is 0. The SMILES string of the molecule is CCOc1ccc(NC2CNC(C)(C)C2)cc1Cl. The third kappa shape index (κ3) is 3.30. The molecule has 1 heterocycles. The standard InChI is InChI=1S/C14H21ClN2O/c1-4-18-13-6-5-10(7-12(13)15)17-11-8-14(2,3)16-9-11/h5-7,11,16-17H,4,8-9H2,1-3H3. The van der Waals surface area contributed by atoms with Gasteiger partial charge in [0.15, 0.2) is 0 Å². The van der Waals surface area contributed by atoms with E-state index in [1.165, 1.54) is 0 Å². The molecule has 0 radical (unpaired) electrons. The molecule has 1 aliphatic rings. The number of hydrogen-bond donors (Lipinski definition) is 2. The van der Waals surface area contributed by atoms with Crippen LogP contribution in [0, 0.1) is 0 Å². The van der Waals surface area contributed by atoms with Gasteiger partial charge in [-0.25, -0.2) is 0 Å². The fraction of sp³-hybridized carbons (Fsp3) is 0.571. The lowest BCUT2D eigenvalue weighted by Crippen LogP contribution is -2.31. The molecule has 1 aliphatic heterocycles. The summed E-state index contributed by atoms with van der Waals surface area (Å²) in [6, 6.07) is 6.32. The molecule has 1 saturated heterocycles. The van der Waals surface area contributed by atoms with Crippen molar-refractivity contribution in [2.24, 2.45) is 0 Å². The van der Waals surface area contributed by atoms with Gasteiger partial charge in [0.2, 0.25) is 0 Å². The van der Waals surface area contributed by atoms with Gasteiger partial charge in [-0.15, -0.1) is 0 Å². The van der Waals surface area contributed by atoms with Gasteiger partial charge in [-0.2, -0.15) is 0 Å². The van der Waals surface area contributed by atoms with Gasteiger partial charge in [0, 0.05) is 23.8 Å². The molecule has 100 valence electrons. The zero-order chi connectivity index (χ0) is 13.2. The molecule has 1 unspecified atom stereocenters. The van der Waals surface area contributed by atoms with Gasteiger partial charge >= 0.3 is 0 Å². The minimum Gasteiger partial charge on any atom is -0.492 e. The van der Waals surface area contributed by atoms with E-state index in [0.29, 0.717) is 17.7 Å². The molecule has 0 aliphatic carbocycles. The molecule has 0 spiro atoms. The van der Waals surface area contributed by atoms with Crippen LogP contribution in [0.4, 0.5) is 5.69 Å².